The third-order valence-corrected chi connectivity index (χ3v) is 2.52. The normalized spacial score (nSPS) is 11.3. The number of nitrogens with zero attached hydrogens (tertiary/aromatic N) is 1. The van der Waals surface area contributed by atoms with Crippen LogP contribution in [0, 0.1) is 17.0 Å². The summed E-state index contributed by atoms with van der Waals surface area (Å²) in [6.07, 6.45) is 0. The van der Waals surface area contributed by atoms with Crippen molar-refractivity contribution in [1.29, 1.82) is 0 Å². The minimum atomic E-state index is -4.16. The Morgan fingerprint density at radius 3 is 2.53 bits per heavy atom. The lowest BCUT2D eigenvalue weighted by Gasteiger charge is -2.00. The van der Waals surface area contributed by atoms with Gasteiger partial charge < -0.3 is 0 Å². The molecule has 0 spiro atoms. The van der Waals surface area contributed by atoms with Crippen LogP contribution >= 0.6 is 0 Å². The van der Waals surface area contributed by atoms with Crippen LogP contribution in [0.15, 0.2) is 18.2 Å². The van der Waals surface area contributed by atoms with Crippen LogP contribution in [0.5, 0.6) is 0 Å². The Labute approximate surface area is 86.4 Å². The smallest absolute Gasteiger partial charge is 0.272 e. The lowest BCUT2D eigenvalue weighted by Crippen LogP contribution is -2.02. The summed E-state index contributed by atoms with van der Waals surface area (Å²) in [5.74, 6) is -0.617. The Morgan fingerprint density at radius 1 is 1.47 bits per heavy atom. The van der Waals surface area contributed by atoms with Crippen molar-refractivity contribution in [3.05, 3.63) is 39.4 Å². The van der Waals surface area contributed by atoms with Gasteiger partial charge in [0.05, 0.1) is 4.92 Å². The highest BCUT2D eigenvalue weighted by molar-refractivity contribution is 7.85. The zero-order chi connectivity index (χ0) is 11.6. The third-order valence-electron chi connectivity index (χ3n) is 1.82. The van der Waals surface area contributed by atoms with Crippen LogP contribution in [0.3, 0.4) is 0 Å². The zero-order valence-corrected chi connectivity index (χ0v) is 8.69. The molecule has 1 N–H and O–H groups in total. The molecule has 0 unspecified atom stereocenters. The van der Waals surface area contributed by atoms with Crippen molar-refractivity contribution < 1.29 is 17.9 Å². The fourth-order valence-corrected chi connectivity index (χ4v) is 1.75. The van der Waals surface area contributed by atoms with Crippen LogP contribution in [-0.4, -0.2) is 17.9 Å². The maximum atomic E-state index is 10.6. The highest BCUT2D eigenvalue weighted by Gasteiger charge is 2.14. The van der Waals surface area contributed by atoms with Gasteiger partial charge in [0.2, 0.25) is 0 Å². The molecule has 6 nitrogen and oxygen atoms in total. The van der Waals surface area contributed by atoms with Gasteiger partial charge in [-0.1, -0.05) is 12.1 Å². The van der Waals surface area contributed by atoms with Gasteiger partial charge >= 0.3 is 0 Å². The first kappa shape index (κ1) is 11.6. The molecule has 0 aromatic heterocycles. The molecule has 82 valence electrons. The van der Waals surface area contributed by atoms with Crippen LogP contribution in [0.1, 0.15) is 11.1 Å². The fourth-order valence-electron chi connectivity index (χ4n) is 1.15. The lowest BCUT2D eigenvalue weighted by atomic mass is 10.1. The molecule has 1 aromatic rings. The van der Waals surface area contributed by atoms with E-state index in [1.54, 1.807) is 6.92 Å². The molecule has 0 aliphatic rings. The average Bonchev–Trinajstić information content (AvgIpc) is 2.05. The molecule has 0 saturated heterocycles. The highest BCUT2D eigenvalue weighted by Crippen LogP contribution is 2.20. The van der Waals surface area contributed by atoms with Gasteiger partial charge in [-0.25, -0.2) is 0 Å². The molecule has 0 aliphatic heterocycles. The molecule has 7 heteroatoms. The van der Waals surface area contributed by atoms with Gasteiger partial charge in [0, 0.05) is 11.6 Å². The number of nitro benzene ring substituents is 1. The molecule has 0 bridgehead atoms. The van der Waals surface area contributed by atoms with Gasteiger partial charge in [-0.05, 0) is 12.5 Å². The Hall–Kier alpha value is -1.47. The van der Waals surface area contributed by atoms with Crippen LogP contribution in [0.4, 0.5) is 5.69 Å². The molecular formula is C8H9NO5S. The van der Waals surface area contributed by atoms with Crippen molar-refractivity contribution in [2.24, 2.45) is 0 Å². The maximum absolute atomic E-state index is 10.6. The average molecular weight is 231 g/mol. The summed E-state index contributed by atoms with van der Waals surface area (Å²) in [6, 6.07) is 4.01. The lowest BCUT2D eigenvalue weighted by molar-refractivity contribution is -0.385. The minimum Gasteiger partial charge on any atom is -0.285 e. The van der Waals surface area contributed by atoms with E-state index in [4.69, 9.17) is 4.55 Å². The maximum Gasteiger partial charge on any atom is 0.272 e. The number of aryl methyl sites for hydroxylation is 1. The standard InChI is InChI=1S/C8H9NO5S/c1-6-2-3-7(5-15(12,13)14)4-8(6)9(10)11/h2-4H,5H2,1H3,(H,12,13,14). The summed E-state index contributed by atoms with van der Waals surface area (Å²) < 4.78 is 29.7. The largest absolute Gasteiger partial charge is 0.285 e. The van der Waals surface area contributed by atoms with Crippen LogP contribution in [-0.2, 0) is 15.9 Å². The summed E-state index contributed by atoms with van der Waals surface area (Å²) in [5.41, 5.74) is 0.477. The van der Waals surface area contributed by atoms with E-state index in [2.05, 4.69) is 0 Å². The first-order valence-electron chi connectivity index (χ1n) is 3.98. The van der Waals surface area contributed by atoms with Gasteiger partial charge in [-0.3, -0.25) is 14.7 Å². The molecule has 0 saturated carbocycles. The molecule has 15 heavy (non-hydrogen) atoms. The second kappa shape index (κ2) is 3.95. The van der Waals surface area contributed by atoms with Crippen molar-refractivity contribution in [3.8, 4) is 0 Å². The van der Waals surface area contributed by atoms with Crippen molar-refractivity contribution in [1.82, 2.24) is 0 Å². The fraction of sp³-hybridized carbons (Fsp3) is 0.250. The van der Waals surface area contributed by atoms with Crippen LogP contribution in [0.2, 0.25) is 0 Å². The summed E-state index contributed by atoms with van der Waals surface area (Å²) in [7, 11) is -4.16. The van der Waals surface area contributed by atoms with Gasteiger partial charge in [0.25, 0.3) is 15.8 Å². The molecular weight excluding hydrogens is 222 g/mol. The van der Waals surface area contributed by atoms with Crippen molar-refractivity contribution in [3.63, 3.8) is 0 Å². The van der Waals surface area contributed by atoms with Crippen molar-refractivity contribution in [2.45, 2.75) is 12.7 Å². The zero-order valence-electron chi connectivity index (χ0n) is 7.87. The van der Waals surface area contributed by atoms with Crippen molar-refractivity contribution >= 4 is 15.8 Å². The minimum absolute atomic E-state index is 0.156. The third kappa shape index (κ3) is 3.30. The Kier molecular flexibility index (Phi) is 3.06. The van der Waals surface area contributed by atoms with Crippen LogP contribution in [0.25, 0.3) is 0 Å². The molecule has 0 radical (unpaired) electrons. The van der Waals surface area contributed by atoms with Crippen LogP contribution < -0.4 is 0 Å². The number of rotatable bonds is 3. The number of hydrogen-bond acceptors (Lipinski definition) is 4. The van der Waals surface area contributed by atoms with E-state index in [9.17, 15) is 18.5 Å². The Bertz CT molecular complexity index is 494. The first-order chi connectivity index (χ1) is 6.79. The monoisotopic (exact) mass is 231 g/mol. The molecule has 0 aliphatic carbocycles. The predicted molar refractivity (Wildman–Crippen MR) is 53.1 cm³/mol. The van der Waals surface area contributed by atoms with E-state index in [1.807, 2.05) is 0 Å². The molecule has 0 heterocycles. The van der Waals surface area contributed by atoms with Gasteiger partial charge in [-0.2, -0.15) is 8.42 Å². The molecule has 0 amide bonds. The number of nitro groups is 1. The topological polar surface area (TPSA) is 97.5 Å². The second-order valence-corrected chi connectivity index (χ2v) is 4.56. The second-order valence-electron chi connectivity index (χ2n) is 3.10. The summed E-state index contributed by atoms with van der Waals surface area (Å²) in [6.45, 7) is 1.55. The van der Waals surface area contributed by atoms with E-state index < -0.39 is 20.8 Å². The van der Waals surface area contributed by atoms with E-state index in [1.165, 1.54) is 12.1 Å². The number of hydrogen-bond donors (Lipinski definition) is 1. The Balaban J connectivity index is 3.14. The van der Waals surface area contributed by atoms with Gasteiger partial charge in [-0.15, -0.1) is 0 Å². The molecule has 1 rings (SSSR count). The number of benzene rings is 1. The molecule has 1 aromatic carbocycles. The summed E-state index contributed by atoms with van der Waals surface area (Å²) in [4.78, 5) is 9.94. The van der Waals surface area contributed by atoms with E-state index in [-0.39, 0.29) is 11.3 Å². The first-order valence-corrected chi connectivity index (χ1v) is 5.59. The SMILES string of the molecule is Cc1ccc(CS(=O)(=O)O)cc1[N+](=O)[O-]. The van der Waals surface area contributed by atoms with Crippen molar-refractivity contribution in [2.75, 3.05) is 0 Å². The van der Waals surface area contributed by atoms with E-state index >= 15 is 0 Å². The summed E-state index contributed by atoms with van der Waals surface area (Å²) in [5, 5.41) is 10.5. The molecule has 0 atom stereocenters. The predicted octanol–water partition coefficient (Wildman–Crippen LogP) is 1.29. The molecule has 0 fully saturated rings. The van der Waals surface area contributed by atoms with E-state index in [0.717, 1.165) is 6.07 Å². The van der Waals surface area contributed by atoms with Gasteiger partial charge in [0.1, 0.15) is 5.75 Å². The Morgan fingerprint density at radius 2 is 2.07 bits per heavy atom. The van der Waals surface area contributed by atoms with E-state index in [0.29, 0.717) is 5.56 Å². The quantitative estimate of drug-likeness (QED) is 0.480. The highest BCUT2D eigenvalue weighted by atomic mass is 32.2. The summed E-state index contributed by atoms with van der Waals surface area (Å²) >= 11 is 0. The van der Waals surface area contributed by atoms with Gasteiger partial charge in [0.15, 0.2) is 0 Å².